The van der Waals surface area contributed by atoms with Crippen molar-refractivity contribution in [2.75, 3.05) is 24.4 Å². The Bertz CT molecular complexity index is 1390. The highest BCUT2D eigenvalue weighted by Gasteiger charge is 2.29. The molecule has 31 heavy (non-hydrogen) atoms. The van der Waals surface area contributed by atoms with Crippen LogP contribution in [0.4, 0.5) is 5.69 Å². The molecule has 1 amide bonds. The molecule has 2 aromatic carbocycles. The zero-order valence-corrected chi connectivity index (χ0v) is 18.2. The number of aromatic nitrogens is 1. The molecule has 1 aliphatic rings. The summed E-state index contributed by atoms with van der Waals surface area (Å²) in [5, 5.41) is 3.25. The molecule has 1 aromatic heterocycles. The minimum absolute atomic E-state index is 0.00837. The standard InChI is InChI=1S/C20H20N4O5S2/c1-14-10-15-4-2-7-18(20(15)22-12-14)30(26,27)23-16-5-3-6-17(11-16)31(28,29)24-9-8-21-19(25)13-24/h2-7,10-12,23H,8-9,13H2,1H3,(H,21,25). The van der Waals surface area contributed by atoms with Gasteiger partial charge in [0.15, 0.2) is 0 Å². The second-order valence-electron chi connectivity index (χ2n) is 7.16. The summed E-state index contributed by atoms with van der Waals surface area (Å²) >= 11 is 0. The fraction of sp³-hybridized carbons (Fsp3) is 0.200. The lowest BCUT2D eigenvalue weighted by atomic mass is 10.2. The number of carbonyl (C=O) groups excluding carboxylic acids is 1. The highest BCUT2D eigenvalue weighted by Crippen LogP contribution is 2.26. The first-order chi connectivity index (χ1) is 14.7. The summed E-state index contributed by atoms with van der Waals surface area (Å²) in [5.74, 6) is -0.384. The molecule has 0 aliphatic carbocycles. The molecular weight excluding hydrogens is 440 g/mol. The lowest BCUT2D eigenvalue weighted by Crippen LogP contribution is -2.49. The molecule has 1 aliphatic heterocycles. The second kappa shape index (κ2) is 7.91. The van der Waals surface area contributed by atoms with Crippen LogP contribution in [0.2, 0.25) is 0 Å². The highest BCUT2D eigenvalue weighted by atomic mass is 32.2. The van der Waals surface area contributed by atoms with Gasteiger partial charge in [-0.15, -0.1) is 0 Å². The second-order valence-corrected chi connectivity index (χ2v) is 10.8. The molecule has 0 spiro atoms. The summed E-state index contributed by atoms with van der Waals surface area (Å²) in [6, 6.07) is 12.2. The van der Waals surface area contributed by atoms with Gasteiger partial charge in [0, 0.05) is 24.7 Å². The summed E-state index contributed by atoms with van der Waals surface area (Å²) in [6.07, 6.45) is 1.59. The van der Waals surface area contributed by atoms with Crippen LogP contribution in [0.15, 0.2) is 64.5 Å². The molecule has 1 saturated heterocycles. The number of hydrogen-bond donors (Lipinski definition) is 2. The van der Waals surface area contributed by atoms with Gasteiger partial charge in [0.25, 0.3) is 10.0 Å². The zero-order valence-electron chi connectivity index (χ0n) is 16.6. The average molecular weight is 461 g/mol. The third-order valence-corrected chi connectivity index (χ3v) is 8.08. The van der Waals surface area contributed by atoms with E-state index in [0.717, 1.165) is 9.87 Å². The van der Waals surface area contributed by atoms with Crippen LogP contribution in [0.3, 0.4) is 0 Å². The fourth-order valence-corrected chi connectivity index (χ4v) is 6.03. The number of nitrogens with zero attached hydrogens (tertiary/aromatic N) is 2. The molecule has 4 rings (SSSR count). The topological polar surface area (TPSA) is 126 Å². The number of hydrogen-bond acceptors (Lipinski definition) is 6. The Balaban J connectivity index is 1.67. The predicted octanol–water partition coefficient (Wildman–Crippen LogP) is 1.46. The van der Waals surface area contributed by atoms with Crippen LogP contribution in [0.1, 0.15) is 5.56 Å². The van der Waals surface area contributed by atoms with Gasteiger partial charge in [-0.05, 0) is 42.8 Å². The first-order valence-corrected chi connectivity index (χ1v) is 12.3. The molecule has 11 heteroatoms. The van der Waals surface area contributed by atoms with Gasteiger partial charge in [0.05, 0.1) is 22.6 Å². The maximum absolute atomic E-state index is 13.0. The first-order valence-electron chi connectivity index (χ1n) is 9.42. The van der Waals surface area contributed by atoms with Gasteiger partial charge in [-0.1, -0.05) is 18.2 Å². The van der Waals surface area contributed by atoms with E-state index in [0.29, 0.717) is 10.9 Å². The van der Waals surface area contributed by atoms with E-state index in [4.69, 9.17) is 0 Å². The van der Waals surface area contributed by atoms with E-state index in [1.54, 1.807) is 18.3 Å². The van der Waals surface area contributed by atoms with Crippen molar-refractivity contribution in [3.63, 3.8) is 0 Å². The molecule has 0 atom stereocenters. The lowest BCUT2D eigenvalue weighted by molar-refractivity contribution is -0.122. The molecular formula is C20H20N4O5S2. The van der Waals surface area contributed by atoms with Crippen molar-refractivity contribution < 1.29 is 21.6 Å². The Morgan fingerprint density at radius 2 is 1.84 bits per heavy atom. The van der Waals surface area contributed by atoms with E-state index < -0.39 is 20.0 Å². The van der Waals surface area contributed by atoms with Crippen molar-refractivity contribution in [2.24, 2.45) is 0 Å². The van der Waals surface area contributed by atoms with Gasteiger partial charge in [-0.3, -0.25) is 14.5 Å². The van der Waals surface area contributed by atoms with Crippen molar-refractivity contribution in [1.29, 1.82) is 0 Å². The van der Waals surface area contributed by atoms with E-state index in [9.17, 15) is 21.6 Å². The molecule has 0 radical (unpaired) electrons. The number of anilines is 1. The molecule has 0 unspecified atom stereocenters. The Morgan fingerprint density at radius 1 is 1.06 bits per heavy atom. The number of piperazine rings is 1. The number of fused-ring (bicyclic) bond motifs is 1. The zero-order chi connectivity index (χ0) is 22.2. The number of pyridine rings is 1. The van der Waals surface area contributed by atoms with E-state index in [2.05, 4.69) is 15.0 Å². The summed E-state index contributed by atoms with van der Waals surface area (Å²) in [6.45, 7) is 1.95. The van der Waals surface area contributed by atoms with Crippen LogP contribution in [-0.4, -0.2) is 51.7 Å². The van der Waals surface area contributed by atoms with Crippen LogP contribution in [0, 0.1) is 6.92 Å². The molecule has 2 N–H and O–H groups in total. The molecule has 162 valence electrons. The van der Waals surface area contributed by atoms with Crippen molar-refractivity contribution in [1.82, 2.24) is 14.6 Å². The quantitative estimate of drug-likeness (QED) is 0.594. The summed E-state index contributed by atoms with van der Waals surface area (Å²) < 4.78 is 55.4. The molecule has 3 aromatic rings. The van der Waals surface area contributed by atoms with Crippen LogP contribution < -0.4 is 10.0 Å². The Labute approximate surface area is 180 Å². The first kappa shape index (κ1) is 21.2. The SMILES string of the molecule is Cc1cnc2c(S(=O)(=O)Nc3cccc(S(=O)(=O)N4CCNC(=O)C4)c3)cccc2c1. The third kappa shape index (κ3) is 4.24. The lowest BCUT2D eigenvalue weighted by Gasteiger charge is -2.26. The average Bonchev–Trinajstić information content (AvgIpc) is 2.73. The third-order valence-electron chi connectivity index (χ3n) is 4.83. The Kier molecular flexibility index (Phi) is 5.42. The van der Waals surface area contributed by atoms with Crippen molar-refractivity contribution in [3.8, 4) is 0 Å². The monoisotopic (exact) mass is 460 g/mol. The van der Waals surface area contributed by atoms with Gasteiger partial charge in [0.1, 0.15) is 4.90 Å². The molecule has 1 fully saturated rings. The van der Waals surface area contributed by atoms with Crippen LogP contribution in [0.25, 0.3) is 10.9 Å². The van der Waals surface area contributed by atoms with E-state index in [1.807, 2.05) is 13.0 Å². The van der Waals surface area contributed by atoms with Gasteiger partial charge < -0.3 is 5.32 Å². The van der Waals surface area contributed by atoms with Crippen molar-refractivity contribution >= 4 is 42.5 Å². The minimum atomic E-state index is -4.03. The highest BCUT2D eigenvalue weighted by molar-refractivity contribution is 7.93. The molecule has 2 heterocycles. The Morgan fingerprint density at radius 3 is 2.61 bits per heavy atom. The van der Waals surface area contributed by atoms with Gasteiger partial charge >= 0.3 is 0 Å². The number of rotatable bonds is 5. The smallest absolute Gasteiger partial charge is 0.264 e. The van der Waals surface area contributed by atoms with Gasteiger partial charge in [0.2, 0.25) is 15.9 Å². The maximum Gasteiger partial charge on any atom is 0.264 e. The number of amides is 1. The maximum atomic E-state index is 13.0. The largest absolute Gasteiger partial charge is 0.354 e. The summed E-state index contributed by atoms with van der Waals surface area (Å²) in [5.41, 5.74) is 1.31. The van der Waals surface area contributed by atoms with Crippen LogP contribution >= 0.6 is 0 Å². The van der Waals surface area contributed by atoms with Gasteiger partial charge in [-0.2, -0.15) is 4.31 Å². The molecule has 9 nitrogen and oxygen atoms in total. The number of benzene rings is 2. The van der Waals surface area contributed by atoms with E-state index >= 15 is 0 Å². The van der Waals surface area contributed by atoms with Crippen molar-refractivity contribution in [3.05, 3.63) is 60.3 Å². The number of sulfonamides is 2. The van der Waals surface area contributed by atoms with E-state index in [1.165, 1.54) is 30.3 Å². The summed E-state index contributed by atoms with van der Waals surface area (Å²) in [4.78, 5) is 15.7. The number of nitrogens with one attached hydrogen (secondary N) is 2. The molecule has 0 bridgehead atoms. The number of para-hydroxylation sites is 1. The summed E-state index contributed by atoms with van der Waals surface area (Å²) in [7, 11) is -7.99. The normalized spacial score (nSPS) is 15.6. The number of carbonyl (C=O) groups is 1. The predicted molar refractivity (Wildman–Crippen MR) is 115 cm³/mol. The Hall–Kier alpha value is -3.02. The molecule has 0 saturated carbocycles. The number of aryl methyl sites for hydroxylation is 1. The van der Waals surface area contributed by atoms with Gasteiger partial charge in [-0.25, -0.2) is 16.8 Å². The van der Waals surface area contributed by atoms with Crippen LogP contribution in [0.5, 0.6) is 0 Å². The van der Waals surface area contributed by atoms with Crippen LogP contribution in [-0.2, 0) is 24.8 Å². The van der Waals surface area contributed by atoms with E-state index in [-0.39, 0.29) is 41.0 Å². The fourth-order valence-electron chi connectivity index (χ4n) is 3.36. The minimum Gasteiger partial charge on any atom is -0.354 e. The van der Waals surface area contributed by atoms with Crippen molar-refractivity contribution in [2.45, 2.75) is 16.7 Å².